The Morgan fingerprint density at radius 3 is 2.47 bits per heavy atom. The first-order valence-electron chi connectivity index (χ1n) is 7.27. The molecule has 19 heavy (non-hydrogen) atoms. The van der Waals surface area contributed by atoms with Crippen LogP contribution in [0.2, 0.25) is 5.02 Å². The summed E-state index contributed by atoms with van der Waals surface area (Å²) in [6, 6.07) is 3.06. The molecule has 0 fully saturated rings. The van der Waals surface area contributed by atoms with E-state index in [0.717, 1.165) is 18.4 Å². The van der Waals surface area contributed by atoms with Crippen LogP contribution in [0.1, 0.15) is 69.0 Å². The number of rotatable bonds is 8. The Hall–Kier alpha value is -0.600. The average molecular weight is 286 g/mol. The molecule has 0 radical (unpaired) electrons. The standard InChI is InChI=1S/C16H25ClFN/c1-3-4-5-6-7-8-9-16(19)13-10-12(2)15(18)11-14(13)17/h10-11,16H,3-9,19H2,1-2H3. The van der Waals surface area contributed by atoms with Crippen molar-refractivity contribution < 1.29 is 4.39 Å². The Labute approximate surface area is 121 Å². The van der Waals surface area contributed by atoms with E-state index in [2.05, 4.69) is 6.92 Å². The van der Waals surface area contributed by atoms with Gasteiger partial charge in [-0.1, -0.05) is 63.1 Å². The second-order valence-corrected chi connectivity index (χ2v) is 5.69. The lowest BCUT2D eigenvalue weighted by Gasteiger charge is -2.15. The van der Waals surface area contributed by atoms with Crippen molar-refractivity contribution in [2.24, 2.45) is 5.73 Å². The van der Waals surface area contributed by atoms with Crippen molar-refractivity contribution in [1.82, 2.24) is 0 Å². The molecule has 0 aromatic heterocycles. The largest absolute Gasteiger partial charge is 0.324 e. The van der Waals surface area contributed by atoms with Gasteiger partial charge in [-0.05, 0) is 30.5 Å². The number of halogens is 2. The molecule has 0 aliphatic rings. The van der Waals surface area contributed by atoms with Gasteiger partial charge in [-0.3, -0.25) is 0 Å². The maximum atomic E-state index is 13.3. The van der Waals surface area contributed by atoms with Gasteiger partial charge in [-0.15, -0.1) is 0 Å². The van der Waals surface area contributed by atoms with Gasteiger partial charge in [0.05, 0.1) is 0 Å². The van der Waals surface area contributed by atoms with E-state index in [4.69, 9.17) is 17.3 Å². The third-order valence-corrected chi connectivity index (χ3v) is 3.87. The summed E-state index contributed by atoms with van der Waals surface area (Å²) in [4.78, 5) is 0. The van der Waals surface area contributed by atoms with Crippen molar-refractivity contribution in [2.45, 2.75) is 64.8 Å². The summed E-state index contributed by atoms with van der Waals surface area (Å²) in [5, 5.41) is 0.446. The Bertz CT molecular complexity index is 393. The van der Waals surface area contributed by atoms with Gasteiger partial charge in [0, 0.05) is 11.1 Å². The van der Waals surface area contributed by atoms with Crippen molar-refractivity contribution >= 4 is 11.6 Å². The maximum Gasteiger partial charge on any atom is 0.127 e. The summed E-state index contributed by atoms with van der Waals surface area (Å²) in [5.41, 5.74) is 7.63. The zero-order chi connectivity index (χ0) is 14.3. The van der Waals surface area contributed by atoms with Gasteiger partial charge in [0.2, 0.25) is 0 Å². The highest BCUT2D eigenvalue weighted by molar-refractivity contribution is 6.31. The highest BCUT2D eigenvalue weighted by atomic mass is 35.5. The lowest BCUT2D eigenvalue weighted by atomic mass is 9.98. The van der Waals surface area contributed by atoms with Crippen molar-refractivity contribution in [3.05, 3.63) is 34.1 Å². The summed E-state index contributed by atoms with van der Waals surface area (Å²) in [5.74, 6) is -0.263. The Kier molecular flexibility index (Phi) is 7.40. The zero-order valence-electron chi connectivity index (χ0n) is 12.0. The fourth-order valence-corrected chi connectivity index (χ4v) is 2.55. The van der Waals surface area contributed by atoms with Crippen LogP contribution in [0.25, 0.3) is 0 Å². The predicted molar refractivity (Wildman–Crippen MR) is 81.1 cm³/mol. The van der Waals surface area contributed by atoms with Gasteiger partial charge in [-0.2, -0.15) is 0 Å². The summed E-state index contributed by atoms with van der Waals surface area (Å²) in [6.07, 6.45) is 8.40. The molecule has 0 spiro atoms. The minimum Gasteiger partial charge on any atom is -0.324 e. The van der Waals surface area contributed by atoms with Gasteiger partial charge in [-0.25, -0.2) is 4.39 Å². The summed E-state index contributed by atoms with van der Waals surface area (Å²) in [6.45, 7) is 3.96. The molecule has 0 heterocycles. The van der Waals surface area contributed by atoms with Gasteiger partial charge < -0.3 is 5.73 Å². The van der Waals surface area contributed by atoms with Crippen molar-refractivity contribution in [3.63, 3.8) is 0 Å². The average Bonchev–Trinajstić information content (AvgIpc) is 2.37. The van der Waals surface area contributed by atoms with Crippen molar-refractivity contribution in [1.29, 1.82) is 0 Å². The molecule has 2 N–H and O–H groups in total. The van der Waals surface area contributed by atoms with E-state index in [1.54, 1.807) is 13.0 Å². The first kappa shape index (κ1) is 16.5. The first-order chi connectivity index (χ1) is 9.06. The molecule has 3 heteroatoms. The monoisotopic (exact) mass is 285 g/mol. The van der Waals surface area contributed by atoms with Crippen LogP contribution in [-0.2, 0) is 0 Å². The smallest absolute Gasteiger partial charge is 0.127 e. The molecule has 0 amide bonds. The Balaban J connectivity index is 2.41. The quantitative estimate of drug-likeness (QED) is 0.624. The van der Waals surface area contributed by atoms with Gasteiger partial charge >= 0.3 is 0 Å². The van der Waals surface area contributed by atoms with Crippen molar-refractivity contribution in [3.8, 4) is 0 Å². The minimum atomic E-state index is -0.263. The second-order valence-electron chi connectivity index (χ2n) is 5.29. The number of unbranched alkanes of at least 4 members (excludes halogenated alkanes) is 5. The van der Waals surface area contributed by atoms with Crippen LogP contribution in [0.5, 0.6) is 0 Å². The van der Waals surface area contributed by atoms with E-state index >= 15 is 0 Å². The molecule has 0 bridgehead atoms. The van der Waals surface area contributed by atoms with E-state index in [9.17, 15) is 4.39 Å². The fourth-order valence-electron chi connectivity index (χ4n) is 2.26. The van der Waals surface area contributed by atoms with E-state index in [1.165, 1.54) is 38.2 Å². The van der Waals surface area contributed by atoms with Crippen LogP contribution < -0.4 is 5.73 Å². The summed E-state index contributed by atoms with van der Waals surface area (Å²) >= 11 is 6.06. The Morgan fingerprint density at radius 1 is 1.16 bits per heavy atom. The van der Waals surface area contributed by atoms with E-state index < -0.39 is 0 Å². The fraction of sp³-hybridized carbons (Fsp3) is 0.625. The molecule has 1 nitrogen and oxygen atoms in total. The van der Waals surface area contributed by atoms with E-state index in [0.29, 0.717) is 10.6 Å². The lowest BCUT2D eigenvalue weighted by Crippen LogP contribution is -2.11. The Morgan fingerprint density at radius 2 is 1.79 bits per heavy atom. The molecule has 0 aliphatic carbocycles. The predicted octanol–water partition coefficient (Wildman–Crippen LogP) is 5.54. The molecule has 1 unspecified atom stereocenters. The minimum absolute atomic E-state index is 0.0852. The second kappa shape index (κ2) is 8.55. The zero-order valence-corrected chi connectivity index (χ0v) is 12.8. The molecular formula is C16H25ClFN. The lowest BCUT2D eigenvalue weighted by molar-refractivity contribution is 0.545. The van der Waals surface area contributed by atoms with Gasteiger partial charge in [0.15, 0.2) is 0 Å². The summed E-state index contributed by atoms with van der Waals surface area (Å²) < 4.78 is 13.3. The van der Waals surface area contributed by atoms with Crippen LogP contribution in [0.15, 0.2) is 12.1 Å². The third-order valence-electron chi connectivity index (χ3n) is 3.55. The SMILES string of the molecule is CCCCCCCCC(N)c1cc(C)c(F)cc1Cl. The molecule has 0 saturated heterocycles. The number of hydrogen-bond donors (Lipinski definition) is 1. The molecule has 1 aromatic rings. The van der Waals surface area contributed by atoms with Gasteiger partial charge in [0.1, 0.15) is 5.82 Å². The number of benzene rings is 1. The van der Waals surface area contributed by atoms with Gasteiger partial charge in [0.25, 0.3) is 0 Å². The normalized spacial score (nSPS) is 12.7. The maximum absolute atomic E-state index is 13.3. The highest BCUT2D eigenvalue weighted by Gasteiger charge is 2.12. The van der Waals surface area contributed by atoms with Crippen LogP contribution in [0.3, 0.4) is 0 Å². The van der Waals surface area contributed by atoms with E-state index in [1.807, 2.05) is 0 Å². The van der Waals surface area contributed by atoms with Crippen LogP contribution in [-0.4, -0.2) is 0 Å². The first-order valence-corrected chi connectivity index (χ1v) is 7.65. The van der Waals surface area contributed by atoms with Crippen LogP contribution in [0, 0.1) is 12.7 Å². The summed E-state index contributed by atoms with van der Waals surface area (Å²) in [7, 11) is 0. The number of aryl methyl sites for hydroxylation is 1. The van der Waals surface area contributed by atoms with Crippen molar-refractivity contribution in [2.75, 3.05) is 0 Å². The van der Waals surface area contributed by atoms with Crippen LogP contribution in [0.4, 0.5) is 4.39 Å². The van der Waals surface area contributed by atoms with Crippen LogP contribution >= 0.6 is 11.6 Å². The molecule has 0 saturated carbocycles. The highest BCUT2D eigenvalue weighted by Crippen LogP contribution is 2.27. The molecule has 1 atom stereocenters. The third kappa shape index (κ3) is 5.50. The molecule has 0 aliphatic heterocycles. The van der Waals surface area contributed by atoms with E-state index in [-0.39, 0.29) is 11.9 Å². The number of nitrogens with two attached hydrogens (primary N) is 1. The molecular weight excluding hydrogens is 261 g/mol. The molecule has 1 rings (SSSR count). The number of hydrogen-bond acceptors (Lipinski definition) is 1. The molecule has 108 valence electrons. The topological polar surface area (TPSA) is 26.0 Å². The molecule has 1 aromatic carbocycles.